The fourth-order valence-electron chi connectivity index (χ4n) is 2.05. The fourth-order valence-corrected chi connectivity index (χ4v) is 2.05. The van der Waals surface area contributed by atoms with Gasteiger partial charge in [0.2, 0.25) is 0 Å². The Kier molecular flexibility index (Phi) is 5.21. The minimum Gasteiger partial charge on any atom is -0.267 e. The third kappa shape index (κ3) is 3.95. The van der Waals surface area contributed by atoms with E-state index in [2.05, 4.69) is 0 Å². The first-order chi connectivity index (χ1) is 12.2. The third-order valence-electron chi connectivity index (χ3n) is 3.40. The minimum atomic E-state index is -0.994. The summed E-state index contributed by atoms with van der Waals surface area (Å²) < 4.78 is 12.8. The molecule has 0 bridgehead atoms. The molecule has 0 aliphatic heterocycles. The zero-order valence-electron chi connectivity index (χ0n) is 13.2. The molecule has 0 aliphatic carbocycles. The number of nitro benzene ring substituents is 2. The Hall–Kier alpha value is -3.89. The highest BCUT2D eigenvalue weighted by Gasteiger charge is 2.25. The summed E-state index contributed by atoms with van der Waals surface area (Å²) in [6, 6.07) is 6.17. The largest absolute Gasteiger partial charge is 0.279 e. The van der Waals surface area contributed by atoms with Crippen molar-refractivity contribution >= 4 is 23.2 Å². The molecule has 2 aromatic rings. The van der Waals surface area contributed by atoms with Crippen LogP contribution in [0.5, 0.6) is 0 Å². The predicted octanol–water partition coefficient (Wildman–Crippen LogP) is 2.03. The van der Waals surface area contributed by atoms with Crippen LogP contribution in [0.25, 0.3) is 0 Å². The molecule has 0 aromatic heterocycles. The molecule has 2 rings (SSSR count). The maximum Gasteiger partial charge on any atom is 0.279 e. The maximum atomic E-state index is 12.8. The second-order valence-electron chi connectivity index (χ2n) is 5.07. The van der Waals surface area contributed by atoms with Gasteiger partial charge < -0.3 is 0 Å². The molecule has 0 saturated carbocycles. The van der Waals surface area contributed by atoms with E-state index in [4.69, 9.17) is 0 Å². The van der Waals surface area contributed by atoms with E-state index < -0.39 is 38.9 Å². The van der Waals surface area contributed by atoms with Crippen molar-refractivity contribution in [2.24, 2.45) is 0 Å². The van der Waals surface area contributed by atoms with Crippen LogP contribution in [0.3, 0.4) is 0 Å². The van der Waals surface area contributed by atoms with Crippen LogP contribution >= 0.6 is 0 Å². The summed E-state index contributed by atoms with van der Waals surface area (Å²) >= 11 is 0. The topological polar surface area (TPSA) is 144 Å². The molecule has 0 aliphatic rings. The fraction of sp³-hybridized carbons (Fsp3) is 0.0667. The normalized spacial score (nSPS) is 10.1. The number of hydrazine groups is 1. The molecule has 0 spiro atoms. The Labute approximate surface area is 144 Å². The lowest BCUT2D eigenvalue weighted by atomic mass is 10.1. The summed E-state index contributed by atoms with van der Waals surface area (Å²) in [5.41, 5.74) is 2.27. The molecule has 0 heterocycles. The molecule has 2 N–H and O–H groups in total. The second kappa shape index (κ2) is 7.34. The molecule has 0 radical (unpaired) electrons. The van der Waals surface area contributed by atoms with Crippen LogP contribution in [0, 0.1) is 33.0 Å². The first-order valence-electron chi connectivity index (χ1n) is 7.00. The monoisotopic (exact) mass is 362 g/mol. The molecule has 134 valence electrons. The van der Waals surface area contributed by atoms with Crippen molar-refractivity contribution in [3.8, 4) is 0 Å². The summed E-state index contributed by atoms with van der Waals surface area (Å²) in [4.78, 5) is 44.2. The van der Waals surface area contributed by atoms with Gasteiger partial charge in [-0.3, -0.25) is 40.7 Å². The average molecular weight is 362 g/mol. The molecule has 10 nitrogen and oxygen atoms in total. The van der Waals surface area contributed by atoms with E-state index in [-0.39, 0.29) is 16.7 Å². The Morgan fingerprint density at radius 2 is 1.31 bits per heavy atom. The van der Waals surface area contributed by atoms with Gasteiger partial charge in [0, 0.05) is 17.7 Å². The predicted molar refractivity (Wildman–Crippen MR) is 85.8 cm³/mol. The summed E-state index contributed by atoms with van der Waals surface area (Å²) in [6.45, 7) is 1.19. The van der Waals surface area contributed by atoms with Gasteiger partial charge in [0.25, 0.3) is 23.2 Å². The molecular weight excluding hydrogens is 351 g/mol. The number of halogens is 1. The molecule has 0 atom stereocenters. The lowest BCUT2D eigenvalue weighted by Crippen LogP contribution is -2.41. The average Bonchev–Trinajstić information content (AvgIpc) is 2.59. The van der Waals surface area contributed by atoms with Crippen molar-refractivity contribution in [1.29, 1.82) is 0 Å². The molecule has 0 unspecified atom stereocenters. The van der Waals surface area contributed by atoms with Crippen molar-refractivity contribution in [3.05, 3.63) is 79.1 Å². The van der Waals surface area contributed by atoms with Crippen LogP contribution in [0.4, 0.5) is 15.8 Å². The summed E-state index contributed by atoms with van der Waals surface area (Å²) in [5.74, 6) is -2.31. The SMILES string of the molecule is Cc1c([N+](=O)[O-])cc(C(=O)NNC(=O)c2ccc(F)cc2)cc1[N+](=O)[O-]. The number of nitrogens with zero attached hydrogens (tertiary/aromatic N) is 2. The molecule has 0 saturated heterocycles. The number of carbonyl (C=O) groups excluding carboxylic acids is 2. The van der Waals surface area contributed by atoms with E-state index in [1.165, 1.54) is 19.1 Å². The van der Waals surface area contributed by atoms with Crippen molar-refractivity contribution in [2.45, 2.75) is 6.92 Å². The van der Waals surface area contributed by atoms with Gasteiger partial charge in [-0.15, -0.1) is 0 Å². The number of hydrogen-bond acceptors (Lipinski definition) is 6. The van der Waals surface area contributed by atoms with E-state index in [0.29, 0.717) is 0 Å². The number of benzene rings is 2. The van der Waals surface area contributed by atoms with Gasteiger partial charge in [-0.2, -0.15) is 0 Å². The van der Waals surface area contributed by atoms with Gasteiger partial charge in [0.1, 0.15) is 11.4 Å². The van der Waals surface area contributed by atoms with Gasteiger partial charge >= 0.3 is 0 Å². The zero-order valence-corrected chi connectivity index (χ0v) is 13.2. The van der Waals surface area contributed by atoms with Crippen molar-refractivity contribution < 1.29 is 23.8 Å². The Morgan fingerprint density at radius 3 is 1.73 bits per heavy atom. The van der Waals surface area contributed by atoms with Crippen LogP contribution in [-0.4, -0.2) is 21.7 Å². The molecule has 26 heavy (non-hydrogen) atoms. The first kappa shape index (κ1) is 18.4. The van der Waals surface area contributed by atoms with Gasteiger partial charge in [0.15, 0.2) is 0 Å². The summed E-state index contributed by atoms with van der Waals surface area (Å²) in [6.07, 6.45) is 0. The Bertz CT molecular complexity index is 878. The highest BCUT2D eigenvalue weighted by Crippen LogP contribution is 2.29. The number of carbonyl (C=O) groups is 2. The Morgan fingerprint density at radius 1 is 0.885 bits per heavy atom. The lowest BCUT2D eigenvalue weighted by Gasteiger charge is -2.08. The van der Waals surface area contributed by atoms with E-state index in [1.54, 1.807) is 0 Å². The molecule has 2 aromatic carbocycles. The third-order valence-corrected chi connectivity index (χ3v) is 3.40. The van der Waals surface area contributed by atoms with Crippen LogP contribution in [0.2, 0.25) is 0 Å². The van der Waals surface area contributed by atoms with Crippen molar-refractivity contribution in [1.82, 2.24) is 10.9 Å². The van der Waals surface area contributed by atoms with Crippen LogP contribution in [-0.2, 0) is 0 Å². The maximum absolute atomic E-state index is 12.8. The van der Waals surface area contributed by atoms with Gasteiger partial charge in [-0.05, 0) is 31.2 Å². The van der Waals surface area contributed by atoms with Gasteiger partial charge in [-0.25, -0.2) is 4.39 Å². The highest BCUT2D eigenvalue weighted by atomic mass is 19.1. The lowest BCUT2D eigenvalue weighted by molar-refractivity contribution is -0.395. The van der Waals surface area contributed by atoms with Crippen LogP contribution < -0.4 is 10.9 Å². The number of amides is 2. The number of hydrogen-bond donors (Lipinski definition) is 2. The van der Waals surface area contributed by atoms with Crippen molar-refractivity contribution in [3.63, 3.8) is 0 Å². The first-order valence-corrected chi connectivity index (χ1v) is 7.00. The molecular formula is C15H11FN4O6. The summed E-state index contributed by atoms with van der Waals surface area (Å²) in [5, 5.41) is 22.0. The second-order valence-corrected chi connectivity index (χ2v) is 5.07. The molecule has 11 heteroatoms. The highest BCUT2D eigenvalue weighted by molar-refractivity contribution is 5.99. The van der Waals surface area contributed by atoms with Crippen LogP contribution in [0.15, 0.2) is 36.4 Å². The summed E-state index contributed by atoms with van der Waals surface area (Å²) in [7, 11) is 0. The van der Waals surface area contributed by atoms with E-state index in [9.17, 15) is 34.2 Å². The van der Waals surface area contributed by atoms with E-state index in [1.807, 2.05) is 10.9 Å². The smallest absolute Gasteiger partial charge is 0.267 e. The molecule has 0 fully saturated rings. The van der Waals surface area contributed by atoms with E-state index >= 15 is 0 Å². The number of nitrogens with one attached hydrogen (secondary N) is 2. The minimum absolute atomic E-state index is 0.0487. The molecule has 2 amide bonds. The van der Waals surface area contributed by atoms with E-state index in [0.717, 1.165) is 24.3 Å². The quantitative estimate of drug-likeness (QED) is 0.629. The van der Waals surface area contributed by atoms with Gasteiger partial charge in [-0.1, -0.05) is 0 Å². The van der Waals surface area contributed by atoms with Gasteiger partial charge in [0.05, 0.1) is 15.4 Å². The number of nitro groups is 2. The number of rotatable bonds is 4. The Balaban J connectivity index is 2.21. The van der Waals surface area contributed by atoms with Crippen molar-refractivity contribution in [2.75, 3.05) is 0 Å². The standard InChI is InChI=1S/C15H11FN4O6/c1-8-12(19(23)24)6-10(7-13(8)20(25)26)15(22)18-17-14(21)9-2-4-11(16)5-3-9/h2-7H,1H3,(H,17,21)(H,18,22). The zero-order chi connectivity index (χ0) is 19.4. The van der Waals surface area contributed by atoms with Crippen LogP contribution in [0.1, 0.15) is 26.3 Å².